The summed E-state index contributed by atoms with van der Waals surface area (Å²) in [6.07, 6.45) is 5.13. The second kappa shape index (κ2) is 15.0. The molecular formula is C15H15Li3O6-2. The van der Waals surface area contributed by atoms with Crippen LogP contribution in [-0.2, 0) is 14.4 Å². The fraction of sp³-hybridized carbons (Fsp3) is 0.400. The molecule has 0 aliphatic heterocycles. The molecule has 6 nitrogen and oxygen atoms in total. The van der Waals surface area contributed by atoms with Gasteiger partial charge in [-0.25, -0.2) is 0 Å². The first-order chi connectivity index (χ1) is 9.15. The Hall–Kier alpha value is -0.258. The van der Waals surface area contributed by atoms with Gasteiger partial charge in [0.05, 0.1) is 6.29 Å². The molecule has 9 heteroatoms. The van der Waals surface area contributed by atoms with Gasteiger partial charge in [-0.15, -0.1) is 18.1 Å². The second-order valence-corrected chi connectivity index (χ2v) is 4.88. The van der Waals surface area contributed by atoms with E-state index in [1.165, 1.54) is 0 Å². The van der Waals surface area contributed by atoms with Crippen LogP contribution in [0.4, 0.5) is 0 Å². The molecule has 1 aliphatic carbocycles. The smallest absolute Gasteiger partial charge is 0.870 e. The molecule has 0 spiro atoms. The zero-order chi connectivity index (χ0) is 13.8. The zero-order valence-corrected chi connectivity index (χ0v) is 14.2. The van der Waals surface area contributed by atoms with Gasteiger partial charge < -0.3 is 30.4 Å². The average molecular weight is 312 g/mol. The summed E-state index contributed by atoms with van der Waals surface area (Å²) < 4.78 is 0. The minimum Gasteiger partial charge on any atom is -0.870 e. The van der Waals surface area contributed by atoms with Gasteiger partial charge >= 0.3 is 56.6 Å². The zero-order valence-electron chi connectivity index (χ0n) is 14.2. The number of carbonyl (C=O) groups excluding carboxylic acids is 3. The summed E-state index contributed by atoms with van der Waals surface area (Å²) in [4.78, 5) is 32.4. The molecule has 0 heterocycles. The van der Waals surface area contributed by atoms with E-state index in [-0.39, 0.29) is 79.9 Å². The Kier molecular flexibility index (Phi) is 19.7. The summed E-state index contributed by atoms with van der Waals surface area (Å²) in [5.74, 6) is -2.12. The van der Waals surface area contributed by atoms with Crippen LogP contribution in [0, 0.1) is 11.8 Å². The molecule has 116 valence electrons. The van der Waals surface area contributed by atoms with Crippen LogP contribution in [-0.4, -0.2) is 29.5 Å². The first-order valence-electron chi connectivity index (χ1n) is 6.22. The standard InChI is InChI=1S/C15H14O4.3Li.2H2O/c16-8-10-1-3-11(4-2-10)14-6-5-12(15(18)19)7-13(14)9-17;;;;;/h1-4,12-14H,5-7H2,(H,18,19);;;;2*1H2/q-2;3*+1;;/p-3. The van der Waals surface area contributed by atoms with Gasteiger partial charge in [0.15, 0.2) is 0 Å². The van der Waals surface area contributed by atoms with E-state index in [4.69, 9.17) is 0 Å². The fourth-order valence-electron chi connectivity index (χ4n) is 2.71. The largest absolute Gasteiger partial charge is 1.00 e. The van der Waals surface area contributed by atoms with Gasteiger partial charge in [0.25, 0.3) is 0 Å². The van der Waals surface area contributed by atoms with Crippen molar-refractivity contribution in [2.24, 2.45) is 11.8 Å². The number of carbonyl (C=O) groups is 1. The molecule has 1 aromatic rings. The van der Waals surface area contributed by atoms with Crippen molar-refractivity contribution in [3.63, 3.8) is 0 Å². The molecule has 2 rings (SSSR count). The van der Waals surface area contributed by atoms with Gasteiger partial charge in [0, 0.05) is 5.97 Å². The van der Waals surface area contributed by atoms with Crippen molar-refractivity contribution in [3.05, 3.63) is 35.4 Å². The summed E-state index contributed by atoms with van der Waals surface area (Å²) in [6, 6.07) is 6.87. The third-order valence-corrected chi connectivity index (χ3v) is 3.79. The molecule has 1 saturated carbocycles. The van der Waals surface area contributed by atoms with Crippen molar-refractivity contribution in [1.82, 2.24) is 0 Å². The van der Waals surface area contributed by atoms with Gasteiger partial charge in [-0.05, 0) is 24.7 Å². The van der Waals surface area contributed by atoms with Crippen LogP contribution < -0.4 is 61.7 Å². The van der Waals surface area contributed by atoms with Gasteiger partial charge in [-0.3, -0.25) is 6.29 Å². The SMILES string of the molecule is O=[C-]c1ccc(C2CCC(C(=O)[O-])CC2[C-]=O)cc1.[Li+].[Li+].[Li+].[OH-].[OH-]. The molecule has 0 radical (unpaired) electrons. The van der Waals surface area contributed by atoms with Crippen molar-refractivity contribution >= 4 is 18.5 Å². The molecule has 24 heavy (non-hydrogen) atoms. The van der Waals surface area contributed by atoms with E-state index in [1.807, 2.05) is 6.29 Å². The van der Waals surface area contributed by atoms with E-state index in [9.17, 15) is 19.5 Å². The van der Waals surface area contributed by atoms with Gasteiger partial charge in [0.2, 0.25) is 0 Å². The molecule has 3 atom stereocenters. The molecule has 1 aromatic carbocycles. The van der Waals surface area contributed by atoms with Crippen LogP contribution >= 0.6 is 0 Å². The maximum atomic E-state index is 11.0. The molecular weight excluding hydrogens is 297 g/mol. The van der Waals surface area contributed by atoms with Crippen molar-refractivity contribution in [1.29, 1.82) is 0 Å². The molecule has 1 aliphatic rings. The van der Waals surface area contributed by atoms with Crippen molar-refractivity contribution in [2.75, 3.05) is 0 Å². The van der Waals surface area contributed by atoms with E-state index in [2.05, 4.69) is 0 Å². The number of benzene rings is 1. The van der Waals surface area contributed by atoms with Gasteiger partial charge in [-0.2, -0.15) is 17.7 Å². The van der Waals surface area contributed by atoms with Crippen LogP contribution in [0.3, 0.4) is 0 Å². The molecule has 0 amide bonds. The topological polar surface area (TPSA) is 134 Å². The molecule has 2 N–H and O–H groups in total. The predicted molar refractivity (Wildman–Crippen MR) is 69.4 cm³/mol. The molecule has 0 saturated heterocycles. The quantitative estimate of drug-likeness (QED) is 0.400. The van der Waals surface area contributed by atoms with Crippen LogP contribution in [0.1, 0.15) is 36.3 Å². The van der Waals surface area contributed by atoms with Crippen molar-refractivity contribution in [3.8, 4) is 0 Å². The Bertz CT molecular complexity index is 494. The van der Waals surface area contributed by atoms with E-state index in [0.29, 0.717) is 18.4 Å². The number of hydrogen-bond acceptors (Lipinski definition) is 6. The summed E-state index contributed by atoms with van der Waals surface area (Å²) >= 11 is 0. The van der Waals surface area contributed by atoms with Crippen LogP contribution in [0.15, 0.2) is 24.3 Å². The minimum absolute atomic E-state index is 0. The second-order valence-electron chi connectivity index (χ2n) is 4.88. The number of aliphatic carboxylic acids is 1. The van der Waals surface area contributed by atoms with E-state index < -0.39 is 17.8 Å². The first-order valence-corrected chi connectivity index (χ1v) is 6.22. The average Bonchev–Trinajstić information content (AvgIpc) is 2.46. The summed E-state index contributed by atoms with van der Waals surface area (Å²) in [5.41, 5.74) is 1.39. The van der Waals surface area contributed by atoms with E-state index in [0.717, 1.165) is 5.56 Å². The first kappa shape index (κ1) is 31.5. The normalized spacial score (nSPS) is 21.1. The summed E-state index contributed by atoms with van der Waals surface area (Å²) in [5, 5.41) is 10.9. The third kappa shape index (κ3) is 7.75. The Morgan fingerprint density at radius 1 is 1.00 bits per heavy atom. The van der Waals surface area contributed by atoms with Gasteiger partial charge in [0.1, 0.15) is 0 Å². The predicted octanol–water partition coefficient (Wildman–Crippen LogP) is -8.84. The van der Waals surface area contributed by atoms with Crippen molar-refractivity contribution in [2.45, 2.75) is 25.2 Å². The van der Waals surface area contributed by atoms with Gasteiger partial charge in [-0.1, -0.05) is 12.0 Å². The third-order valence-electron chi connectivity index (χ3n) is 3.79. The van der Waals surface area contributed by atoms with Crippen LogP contribution in [0.25, 0.3) is 0 Å². The minimum atomic E-state index is -1.09. The number of carboxylic acid groups (broad SMARTS) is 1. The van der Waals surface area contributed by atoms with E-state index in [1.54, 1.807) is 30.6 Å². The summed E-state index contributed by atoms with van der Waals surface area (Å²) in [6.45, 7) is 0. The Morgan fingerprint density at radius 3 is 1.96 bits per heavy atom. The Balaban J connectivity index is -0.000000400. The Morgan fingerprint density at radius 2 is 1.54 bits per heavy atom. The summed E-state index contributed by atoms with van der Waals surface area (Å²) in [7, 11) is 0. The monoisotopic (exact) mass is 312 g/mol. The maximum absolute atomic E-state index is 11.0. The number of hydrogen-bond donors (Lipinski definition) is 0. The number of carboxylic acids is 1. The van der Waals surface area contributed by atoms with Crippen LogP contribution in [0.2, 0.25) is 0 Å². The molecule has 1 fully saturated rings. The Labute approximate surface area is 177 Å². The molecule has 0 aromatic heterocycles. The van der Waals surface area contributed by atoms with Crippen molar-refractivity contribution < 1.29 is 87.0 Å². The maximum Gasteiger partial charge on any atom is 1.00 e. The van der Waals surface area contributed by atoms with Crippen LogP contribution in [0.5, 0.6) is 0 Å². The fourth-order valence-corrected chi connectivity index (χ4v) is 2.71. The van der Waals surface area contributed by atoms with E-state index >= 15 is 0 Å². The number of rotatable bonds is 4. The molecule has 3 unspecified atom stereocenters. The molecule has 0 bridgehead atoms.